The summed E-state index contributed by atoms with van der Waals surface area (Å²) in [7, 11) is 0. The van der Waals surface area contributed by atoms with Gasteiger partial charge in [-0.15, -0.1) is 0 Å². The number of likely N-dealkylation sites (tertiary alicyclic amines) is 1. The molecule has 2 saturated heterocycles. The zero-order valence-electron chi connectivity index (χ0n) is 20.5. The molecule has 3 aromatic rings. The van der Waals surface area contributed by atoms with Gasteiger partial charge in [0.1, 0.15) is 0 Å². The first-order valence-corrected chi connectivity index (χ1v) is 12.6. The molecule has 36 heavy (non-hydrogen) atoms. The van der Waals surface area contributed by atoms with Gasteiger partial charge >= 0.3 is 6.03 Å². The number of nitrogens with zero attached hydrogens (tertiary/aromatic N) is 5. The molecule has 188 valence electrons. The number of nitrogens with one attached hydrogen (secondary N) is 1. The number of aromatic nitrogens is 2. The molecular weight excluding hydrogens is 456 g/mol. The highest BCUT2D eigenvalue weighted by Crippen LogP contribution is 2.25. The van der Waals surface area contributed by atoms with E-state index in [9.17, 15) is 9.59 Å². The van der Waals surface area contributed by atoms with E-state index in [4.69, 9.17) is 4.52 Å². The average Bonchev–Trinajstić information content (AvgIpc) is 3.44. The van der Waals surface area contributed by atoms with Crippen molar-refractivity contribution in [1.82, 2.24) is 24.8 Å². The molecule has 0 aliphatic carbocycles. The quantitative estimate of drug-likeness (QED) is 0.586. The van der Waals surface area contributed by atoms with Crippen molar-refractivity contribution in [2.75, 3.05) is 44.6 Å². The van der Waals surface area contributed by atoms with E-state index in [1.165, 1.54) is 0 Å². The maximum absolute atomic E-state index is 13.3. The molecule has 2 aromatic carbocycles. The highest BCUT2D eigenvalue weighted by molar-refractivity contribution is 5.90. The number of carbonyl (C=O) groups excluding carboxylic acids is 2. The number of amides is 3. The van der Waals surface area contributed by atoms with Crippen molar-refractivity contribution in [2.45, 2.75) is 25.8 Å². The van der Waals surface area contributed by atoms with Gasteiger partial charge in [-0.3, -0.25) is 9.69 Å². The van der Waals surface area contributed by atoms with Crippen LogP contribution >= 0.6 is 0 Å². The normalized spacial score (nSPS) is 19.6. The Hall–Kier alpha value is -3.72. The molecule has 5 rings (SSSR count). The van der Waals surface area contributed by atoms with Gasteiger partial charge in [-0.05, 0) is 31.9 Å². The van der Waals surface area contributed by atoms with E-state index in [0.29, 0.717) is 37.9 Å². The van der Waals surface area contributed by atoms with Crippen LogP contribution in [0.5, 0.6) is 0 Å². The average molecular weight is 489 g/mol. The lowest BCUT2D eigenvalue weighted by atomic mass is 9.96. The Morgan fingerprint density at radius 3 is 2.36 bits per heavy atom. The Bertz CT molecular complexity index is 1160. The Balaban J connectivity index is 1.13. The fraction of sp³-hybridized carbons (Fsp3) is 0.407. The van der Waals surface area contributed by atoms with Crippen LogP contribution in [-0.2, 0) is 4.79 Å². The molecule has 3 amide bonds. The zero-order chi connectivity index (χ0) is 24.9. The monoisotopic (exact) mass is 488 g/mol. The molecule has 0 saturated carbocycles. The molecule has 1 aromatic heterocycles. The summed E-state index contributed by atoms with van der Waals surface area (Å²) >= 11 is 0. The summed E-state index contributed by atoms with van der Waals surface area (Å²) in [6.45, 7) is 5.96. The summed E-state index contributed by atoms with van der Waals surface area (Å²) in [5.74, 6) is 1.16. The molecule has 2 atom stereocenters. The van der Waals surface area contributed by atoms with Crippen molar-refractivity contribution in [3.8, 4) is 11.4 Å². The number of rotatable bonds is 5. The van der Waals surface area contributed by atoms with Crippen LogP contribution in [0.25, 0.3) is 11.4 Å². The first kappa shape index (κ1) is 24.0. The Morgan fingerprint density at radius 2 is 1.64 bits per heavy atom. The third kappa shape index (κ3) is 5.41. The SMILES string of the molecule is CC(c1nc(-c2ccccc2)no1)N1CCN(C(=O)C2CCCN(C(=O)Nc3ccccc3)C2)CC1. The van der Waals surface area contributed by atoms with Crippen molar-refractivity contribution < 1.29 is 14.1 Å². The lowest BCUT2D eigenvalue weighted by Gasteiger charge is -2.40. The van der Waals surface area contributed by atoms with Gasteiger partial charge in [0.2, 0.25) is 17.6 Å². The van der Waals surface area contributed by atoms with Crippen molar-refractivity contribution in [3.05, 3.63) is 66.6 Å². The molecule has 3 heterocycles. The largest absolute Gasteiger partial charge is 0.340 e. The molecular formula is C27H32N6O3. The molecule has 1 N–H and O–H groups in total. The van der Waals surface area contributed by atoms with E-state index in [-0.39, 0.29) is 23.9 Å². The van der Waals surface area contributed by atoms with Crippen LogP contribution in [0.4, 0.5) is 10.5 Å². The number of anilines is 1. The third-order valence-electron chi connectivity index (χ3n) is 7.09. The fourth-order valence-corrected chi connectivity index (χ4v) is 4.94. The van der Waals surface area contributed by atoms with Crippen LogP contribution in [0.1, 0.15) is 31.7 Å². The highest BCUT2D eigenvalue weighted by Gasteiger charge is 2.34. The van der Waals surface area contributed by atoms with Gasteiger partial charge in [0.05, 0.1) is 12.0 Å². The first-order chi connectivity index (χ1) is 17.6. The number of piperidine rings is 1. The second-order valence-corrected chi connectivity index (χ2v) is 9.44. The van der Waals surface area contributed by atoms with E-state index in [1.54, 1.807) is 4.90 Å². The Labute approximate surface area is 211 Å². The fourth-order valence-electron chi connectivity index (χ4n) is 4.94. The first-order valence-electron chi connectivity index (χ1n) is 12.6. The van der Waals surface area contributed by atoms with Crippen LogP contribution in [0.15, 0.2) is 65.2 Å². The second kappa shape index (κ2) is 10.9. The van der Waals surface area contributed by atoms with Gasteiger partial charge in [-0.25, -0.2) is 4.79 Å². The zero-order valence-corrected chi connectivity index (χ0v) is 20.5. The van der Waals surface area contributed by atoms with Crippen molar-refractivity contribution in [1.29, 1.82) is 0 Å². The van der Waals surface area contributed by atoms with Gasteiger partial charge < -0.3 is 19.6 Å². The lowest BCUT2D eigenvalue weighted by Crippen LogP contribution is -2.53. The molecule has 0 radical (unpaired) electrons. The van der Waals surface area contributed by atoms with E-state index < -0.39 is 0 Å². The van der Waals surface area contributed by atoms with Gasteiger partial charge in [0.15, 0.2) is 0 Å². The molecule has 0 bridgehead atoms. The van der Waals surface area contributed by atoms with E-state index in [1.807, 2.05) is 65.6 Å². The molecule has 2 fully saturated rings. The summed E-state index contributed by atoms with van der Waals surface area (Å²) in [4.78, 5) is 36.6. The smallest absolute Gasteiger partial charge is 0.321 e. The van der Waals surface area contributed by atoms with Crippen LogP contribution in [0, 0.1) is 5.92 Å². The highest BCUT2D eigenvalue weighted by atomic mass is 16.5. The lowest BCUT2D eigenvalue weighted by molar-refractivity contribution is -0.139. The predicted molar refractivity (Wildman–Crippen MR) is 136 cm³/mol. The van der Waals surface area contributed by atoms with E-state index >= 15 is 0 Å². The van der Waals surface area contributed by atoms with Gasteiger partial charge in [0, 0.05) is 50.5 Å². The summed E-state index contributed by atoms with van der Waals surface area (Å²) in [5.41, 5.74) is 1.69. The van der Waals surface area contributed by atoms with Crippen molar-refractivity contribution >= 4 is 17.6 Å². The summed E-state index contributed by atoms with van der Waals surface area (Å²) in [6, 6.07) is 19.0. The number of urea groups is 1. The number of hydrogen-bond acceptors (Lipinski definition) is 6. The summed E-state index contributed by atoms with van der Waals surface area (Å²) in [5, 5.41) is 7.07. The molecule has 0 spiro atoms. The predicted octanol–water partition coefficient (Wildman–Crippen LogP) is 3.89. The van der Waals surface area contributed by atoms with Gasteiger partial charge in [0.25, 0.3) is 0 Å². The molecule has 2 unspecified atom stereocenters. The second-order valence-electron chi connectivity index (χ2n) is 9.44. The van der Waals surface area contributed by atoms with E-state index in [0.717, 1.165) is 37.2 Å². The Morgan fingerprint density at radius 1 is 0.944 bits per heavy atom. The van der Waals surface area contributed by atoms with Crippen LogP contribution in [0.2, 0.25) is 0 Å². The summed E-state index contributed by atoms with van der Waals surface area (Å²) < 4.78 is 5.55. The standard InChI is InChI=1S/C27H32N6O3/c1-20(25-29-24(30-36-25)21-9-4-2-5-10-21)31-15-17-32(18-16-31)26(34)22-11-8-14-33(19-22)27(35)28-23-12-6-3-7-13-23/h2-7,9-10,12-13,20,22H,8,11,14-19H2,1H3,(H,28,35). The Kier molecular flexibility index (Phi) is 7.27. The third-order valence-corrected chi connectivity index (χ3v) is 7.09. The minimum absolute atomic E-state index is 0.0286. The maximum Gasteiger partial charge on any atom is 0.321 e. The minimum atomic E-state index is -0.159. The summed E-state index contributed by atoms with van der Waals surface area (Å²) in [6.07, 6.45) is 1.64. The topological polar surface area (TPSA) is 94.8 Å². The van der Waals surface area contributed by atoms with Gasteiger partial charge in [-0.1, -0.05) is 53.7 Å². The molecule has 9 heteroatoms. The number of hydrogen-bond donors (Lipinski definition) is 1. The van der Waals surface area contributed by atoms with Crippen LogP contribution in [0.3, 0.4) is 0 Å². The number of piperazine rings is 1. The van der Waals surface area contributed by atoms with Crippen molar-refractivity contribution in [2.24, 2.45) is 5.92 Å². The van der Waals surface area contributed by atoms with E-state index in [2.05, 4.69) is 27.3 Å². The molecule has 9 nitrogen and oxygen atoms in total. The molecule has 2 aliphatic rings. The van der Waals surface area contributed by atoms with Gasteiger partial charge in [-0.2, -0.15) is 4.98 Å². The number of benzene rings is 2. The minimum Gasteiger partial charge on any atom is -0.340 e. The number of para-hydroxylation sites is 1. The molecule has 2 aliphatic heterocycles. The van der Waals surface area contributed by atoms with Crippen LogP contribution < -0.4 is 5.32 Å². The van der Waals surface area contributed by atoms with Crippen LogP contribution in [-0.4, -0.2) is 76.0 Å². The number of carbonyl (C=O) groups is 2. The van der Waals surface area contributed by atoms with Crippen molar-refractivity contribution in [3.63, 3.8) is 0 Å². The maximum atomic E-state index is 13.3.